The average molecular weight is 295 g/mol. The minimum absolute atomic E-state index is 0.204. The van der Waals surface area contributed by atoms with Gasteiger partial charge in [-0.15, -0.1) is 0 Å². The molecule has 22 heavy (non-hydrogen) atoms. The molecule has 1 nitrogen and oxygen atoms in total. The van der Waals surface area contributed by atoms with Crippen molar-refractivity contribution in [3.8, 4) is 0 Å². The van der Waals surface area contributed by atoms with Crippen LogP contribution in [0.5, 0.6) is 0 Å². The van der Waals surface area contributed by atoms with Gasteiger partial charge in [0.1, 0.15) is 0 Å². The largest absolute Gasteiger partial charge is 0.338 e. The molecule has 0 aliphatic carbocycles. The van der Waals surface area contributed by atoms with E-state index in [-0.39, 0.29) is 5.41 Å². The molecular weight excluding hydrogens is 266 g/mol. The number of hydrogen-bond acceptors (Lipinski definition) is 1. The van der Waals surface area contributed by atoms with Crippen LogP contribution in [0.4, 0.5) is 11.4 Å². The molecule has 2 aromatic carbocycles. The lowest BCUT2D eigenvalue weighted by molar-refractivity contribution is 0.279. The van der Waals surface area contributed by atoms with Gasteiger partial charge in [0.2, 0.25) is 0 Å². The average Bonchev–Trinajstić information content (AvgIpc) is 2.47. The van der Waals surface area contributed by atoms with Crippen molar-refractivity contribution in [1.82, 2.24) is 0 Å². The summed E-state index contributed by atoms with van der Waals surface area (Å²) in [6, 6.07) is 22.0. The molecule has 0 radical (unpaired) electrons. The Kier molecular flexibility index (Phi) is 5.28. The third kappa shape index (κ3) is 4.13. The zero-order valence-corrected chi connectivity index (χ0v) is 14.6. The molecule has 0 amide bonds. The van der Waals surface area contributed by atoms with Gasteiger partial charge in [0.25, 0.3) is 0 Å². The highest BCUT2D eigenvalue weighted by atomic mass is 15.2. The molecule has 0 aliphatic heterocycles. The zero-order valence-electron chi connectivity index (χ0n) is 14.6. The topological polar surface area (TPSA) is 3.24 Å². The Labute approximate surface area is 136 Å². The van der Waals surface area contributed by atoms with Crippen LogP contribution < -0.4 is 4.90 Å². The molecule has 118 valence electrons. The molecular formula is C21H29N. The molecule has 0 fully saturated rings. The highest BCUT2D eigenvalue weighted by Crippen LogP contribution is 2.38. The summed E-state index contributed by atoms with van der Waals surface area (Å²) in [6.45, 7) is 11.7. The number of anilines is 2. The van der Waals surface area contributed by atoms with Crippen LogP contribution in [0.3, 0.4) is 0 Å². The van der Waals surface area contributed by atoms with E-state index >= 15 is 0 Å². The fourth-order valence-electron chi connectivity index (χ4n) is 2.98. The first-order valence-corrected chi connectivity index (χ1v) is 8.29. The molecule has 0 aliphatic rings. The molecule has 0 heterocycles. The summed E-state index contributed by atoms with van der Waals surface area (Å²) in [4.78, 5) is 2.51. The fraction of sp³-hybridized carbons (Fsp3) is 0.429. The van der Waals surface area contributed by atoms with Crippen LogP contribution >= 0.6 is 0 Å². The van der Waals surface area contributed by atoms with Gasteiger partial charge in [-0.3, -0.25) is 0 Å². The van der Waals surface area contributed by atoms with Crippen molar-refractivity contribution < 1.29 is 0 Å². The van der Waals surface area contributed by atoms with E-state index in [9.17, 15) is 0 Å². The number of nitrogens with zero attached hydrogens (tertiary/aromatic N) is 1. The van der Waals surface area contributed by atoms with Gasteiger partial charge in [-0.25, -0.2) is 0 Å². The van der Waals surface area contributed by atoms with Crippen LogP contribution in [0, 0.1) is 11.3 Å². The summed E-state index contributed by atoms with van der Waals surface area (Å²) in [5.41, 5.74) is 2.75. The Morgan fingerprint density at radius 2 is 1.18 bits per heavy atom. The van der Waals surface area contributed by atoms with Crippen molar-refractivity contribution in [2.45, 2.75) is 47.1 Å². The molecule has 0 aromatic heterocycles. The van der Waals surface area contributed by atoms with Crippen LogP contribution in [-0.2, 0) is 0 Å². The summed E-state index contributed by atoms with van der Waals surface area (Å²) in [6.07, 6.45) is 1.17. The quantitative estimate of drug-likeness (QED) is 0.627. The summed E-state index contributed by atoms with van der Waals surface area (Å²) in [5, 5.41) is 0. The van der Waals surface area contributed by atoms with Crippen molar-refractivity contribution in [3.05, 3.63) is 60.7 Å². The van der Waals surface area contributed by atoms with E-state index < -0.39 is 0 Å². The molecule has 0 spiro atoms. The van der Waals surface area contributed by atoms with E-state index in [1.54, 1.807) is 0 Å². The van der Waals surface area contributed by atoms with Crippen molar-refractivity contribution >= 4 is 11.4 Å². The van der Waals surface area contributed by atoms with E-state index in [1.165, 1.54) is 17.8 Å². The van der Waals surface area contributed by atoms with Crippen molar-refractivity contribution in [3.63, 3.8) is 0 Å². The maximum Gasteiger partial charge on any atom is 0.0413 e. The van der Waals surface area contributed by atoms with Crippen LogP contribution in [0.15, 0.2) is 60.7 Å². The van der Waals surface area contributed by atoms with Gasteiger partial charge in [0.15, 0.2) is 0 Å². The Bertz CT molecular complexity index is 512. The molecule has 0 saturated heterocycles. The van der Waals surface area contributed by atoms with Gasteiger partial charge >= 0.3 is 0 Å². The Hall–Kier alpha value is -1.76. The number of rotatable bonds is 5. The van der Waals surface area contributed by atoms with Gasteiger partial charge in [0, 0.05) is 17.4 Å². The van der Waals surface area contributed by atoms with Crippen LogP contribution in [-0.4, -0.2) is 6.04 Å². The second-order valence-corrected chi connectivity index (χ2v) is 7.55. The predicted octanol–water partition coefficient (Wildman–Crippen LogP) is 6.29. The van der Waals surface area contributed by atoms with Crippen LogP contribution in [0.25, 0.3) is 0 Å². The Morgan fingerprint density at radius 1 is 0.773 bits per heavy atom. The molecule has 0 saturated carbocycles. The smallest absolute Gasteiger partial charge is 0.0413 e. The number of hydrogen-bond donors (Lipinski definition) is 0. The third-order valence-electron chi connectivity index (χ3n) is 4.07. The highest BCUT2D eigenvalue weighted by Gasteiger charge is 2.32. The summed E-state index contributed by atoms with van der Waals surface area (Å²) in [5.74, 6) is 0.666. The van der Waals surface area contributed by atoms with Crippen molar-refractivity contribution in [2.75, 3.05) is 4.90 Å². The molecule has 1 unspecified atom stereocenters. The van der Waals surface area contributed by atoms with E-state index in [2.05, 4.69) is 100 Å². The van der Waals surface area contributed by atoms with Gasteiger partial charge in [0.05, 0.1) is 0 Å². The molecule has 2 rings (SSSR count). The lowest BCUT2D eigenvalue weighted by Gasteiger charge is -2.43. The lowest BCUT2D eigenvalue weighted by Crippen LogP contribution is -2.42. The van der Waals surface area contributed by atoms with E-state index in [0.29, 0.717) is 12.0 Å². The first-order valence-electron chi connectivity index (χ1n) is 8.29. The SMILES string of the molecule is CC(C)CC(N(c1ccccc1)c1ccccc1)C(C)(C)C. The summed E-state index contributed by atoms with van der Waals surface area (Å²) in [7, 11) is 0. The minimum atomic E-state index is 0.204. The molecule has 2 aromatic rings. The lowest BCUT2D eigenvalue weighted by atomic mass is 9.80. The Balaban J connectivity index is 2.51. The maximum atomic E-state index is 2.51. The van der Waals surface area contributed by atoms with Crippen LogP contribution in [0.1, 0.15) is 41.0 Å². The first-order chi connectivity index (χ1) is 10.4. The highest BCUT2D eigenvalue weighted by molar-refractivity contribution is 5.64. The van der Waals surface area contributed by atoms with Crippen molar-refractivity contribution in [1.29, 1.82) is 0 Å². The van der Waals surface area contributed by atoms with Gasteiger partial charge in [-0.2, -0.15) is 0 Å². The van der Waals surface area contributed by atoms with Crippen molar-refractivity contribution in [2.24, 2.45) is 11.3 Å². The zero-order chi connectivity index (χ0) is 16.2. The number of benzene rings is 2. The molecule has 0 N–H and O–H groups in total. The van der Waals surface area contributed by atoms with Gasteiger partial charge in [-0.05, 0) is 42.0 Å². The van der Waals surface area contributed by atoms with E-state index in [0.717, 1.165) is 0 Å². The third-order valence-corrected chi connectivity index (χ3v) is 4.07. The Morgan fingerprint density at radius 3 is 1.50 bits per heavy atom. The fourth-order valence-corrected chi connectivity index (χ4v) is 2.98. The summed E-state index contributed by atoms with van der Waals surface area (Å²) < 4.78 is 0. The predicted molar refractivity (Wildman–Crippen MR) is 97.7 cm³/mol. The number of para-hydroxylation sites is 2. The molecule has 0 bridgehead atoms. The van der Waals surface area contributed by atoms with Crippen LogP contribution in [0.2, 0.25) is 0 Å². The molecule has 1 atom stereocenters. The molecule has 1 heteroatoms. The monoisotopic (exact) mass is 295 g/mol. The maximum absolute atomic E-state index is 2.51. The van der Waals surface area contributed by atoms with E-state index in [4.69, 9.17) is 0 Å². The first kappa shape index (κ1) is 16.6. The second-order valence-electron chi connectivity index (χ2n) is 7.55. The van der Waals surface area contributed by atoms with E-state index in [1.807, 2.05) is 0 Å². The second kappa shape index (κ2) is 7.00. The van der Waals surface area contributed by atoms with Gasteiger partial charge in [-0.1, -0.05) is 71.0 Å². The van der Waals surface area contributed by atoms with Gasteiger partial charge < -0.3 is 4.90 Å². The summed E-state index contributed by atoms with van der Waals surface area (Å²) >= 11 is 0. The normalized spacial score (nSPS) is 13.2. The standard InChI is InChI=1S/C21H29N/c1-17(2)16-20(21(3,4)5)22(18-12-8-6-9-13-18)19-14-10-7-11-15-19/h6-15,17,20H,16H2,1-5H3. The minimum Gasteiger partial charge on any atom is -0.338 e.